The molecule has 0 amide bonds. The predicted octanol–water partition coefficient (Wildman–Crippen LogP) is 2.81. The van der Waals surface area contributed by atoms with Crippen molar-refractivity contribution in [1.82, 2.24) is 15.5 Å². The van der Waals surface area contributed by atoms with Gasteiger partial charge in [0, 0.05) is 39.3 Å². The van der Waals surface area contributed by atoms with E-state index in [1.54, 1.807) is 7.11 Å². The number of aliphatic hydroxyl groups is 1. The second-order valence-electron chi connectivity index (χ2n) is 8.19. The molecule has 1 aliphatic heterocycles. The first kappa shape index (κ1) is 25.4. The first-order valence-electron chi connectivity index (χ1n) is 11.7. The van der Waals surface area contributed by atoms with Crippen LogP contribution in [0.25, 0.3) is 0 Å². The first-order valence-corrected chi connectivity index (χ1v) is 11.7. The predicted molar refractivity (Wildman–Crippen MR) is 127 cm³/mol. The summed E-state index contributed by atoms with van der Waals surface area (Å²) in [6, 6.07) is 8.55. The van der Waals surface area contributed by atoms with Crippen LogP contribution in [0.5, 0.6) is 5.75 Å². The van der Waals surface area contributed by atoms with E-state index in [-0.39, 0.29) is 18.1 Å². The number of rotatable bonds is 12. The molecular weight excluding hydrogens is 392 g/mol. The lowest BCUT2D eigenvalue weighted by molar-refractivity contribution is 0.0170. The van der Waals surface area contributed by atoms with Gasteiger partial charge in [-0.25, -0.2) is 0 Å². The van der Waals surface area contributed by atoms with Crippen LogP contribution in [0.4, 0.5) is 0 Å². The number of aliphatic hydroxyl groups excluding tert-OH is 1. The van der Waals surface area contributed by atoms with Crippen molar-refractivity contribution < 1.29 is 14.6 Å². The van der Waals surface area contributed by atoms with Gasteiger partial charge in [0.1, 0.15) is 5.75 Å². The van der Waals surface area contributed by atoms with Crippen molar-refractivity contribution in [2.45, 2.75) is 46.1 Å². The minimum atomic E-state index is 0.0523. The summed E-state index contributed by atoms with van der Waals surface area (Å²) in [6.45, 7) is 12.3. The maximum absolute atomic E-state index is 9.51. The number of nitrogens with one attached hydrogen (secondary N) is 2. The van der Waals surface area contributed by atoms with Crippen LogP contribution in [0.1, 0.15) is 51.6 Å². The van der Waals surface area contributed by atoms with E-state index in [1.807, 2.05) is 12.1 Å². The van der Waals surface area contributed by atoms with E-state index in [1.165, 1.54) is 5.56 Å². The number of morpholine rings is 1. The molecule has 1 aliphatic rings. The molecule has 0 radical (unpaired) electrons. The van der Waals surface area contributed by atoms with Gasteiger partial charge in [0.05, 0.1) is 26.4 Å². The number of nitrogens with zero attached hydrogens (tertiary/aromatic N) is 2. The Morgan fingerprint density at radius 3 is 2.39 bits per heavy atom. The van der Waals surface area contributed by atoms with Gasteiger partial charge >= 0.3 is 0 Å². The third-order valence-corrected chi connectivity index (χ3v) is 6.51. The van der Waals surface area contributed by atoms with Crippen LogP contribution >= 0.6 is 0 Å². The number of aliphatic imine (C=N–C) groups is 1. The maximum Gasteiger partial charge on any atom is 0.191 e. The molecule has 1 unspecified atom stereocenters. The van der Waals surface area contributed by atoms with E-state index in [9.17, 15) is 5.11 Å². The molecule has 2 rings (SSSR count). The van der Waals surface area contributed by atoms with Crippen molar-refractivity contribution in [2.75, 3.05) is 59.7 Å². The molecule has 1 aromatic carbocycles. The Hall–Kier alpha value is -1.83. The number of benzene rings is 1. The molecule has 1 heterocycles. The second-order valence-corrected chi connectivity index (χ2v) is 8.19. The van der Waals surface area contributed by atoms with Crippen LogP contribution in [0.15, 0.2) is 29.3 Å². The summed E-state index contributed by atoms with van der Waals surface area (Å²) >= 11 is 0. The largest absolute Gasteiger partial charge is 0.497 e. The van der Waals surface area contributed by atoms with Crippen molar-refractivity contribution in [3.8, 4) is 5.75 Å². The van der Waals surface area contributed by atoms with Crippen molar-refractivity contribution in [2.24, 2.45) is 10.4 Å². The lowest BCUT2D eigenvalue weighted by atomic mass is 9.79. The SMILES string of the molecule is CCNC(=NCC(CC)(CC)CCO)NCC(c1ccc(OC)cc1)N1CCOCC1. The molecule has 176 valence electrons. The van der Waals surface area contributed by atoms with Crippen molar-refractivity contribution >= 4 is 5.96 Å². The van der Waals surface area contributed by atoms with Gasteiger partial charge in [-0.05, 0) is 49.3 Å². The number of hydrogen-bond acceptors (Lipinski definition) is 5. The van der Waals surface area contributed by atoms with Crippen molar-refractivity contribution in [3.05, 3.63) is 29.8 Å². The Bertz CT molecular complexity index is 641. The van der Waals surface area contributed by atoms with Gasteiger partial charge in [-0.15, -0.1) is 0 Å². The zero-order chi connectivity index (χ0) is 22.5. The average Bonchev–Trinajstić information content (AvgIpc) is 2.82. The van der Waals surface area contributed by atoms with E-state index >= 15 is 0 Å². The molecule has 31 heavy (non-hydrogen) atoms. The molecule has 0 spiro atoms. The molecule has 0 aromatic heterocycles. The molecule has 1 fully saturated rings. The van der Waals surface area contributed by atoms with Gasteiger partial charge < -0.3 is 25.2 Å². The lowest BCUT2D eigenvalue weighted by Gasteiger charge is -2.35. The van der Waals surface area contributed by atoms with E-state index in [4.69, 9.17) is 14.5 Å². The molecule has 7 heteroatoms. The fraction of sp³-hybridized carbons (Fsp3) is 0.708. The topological polar surface area (TPSA) is 78.4 Å². The summed E-state index contributed by atoms with van der Waals surface area (Å²) in [7, 11) is 1.69. The fourth-order valence-electron chi connectivity index (χ4n) is 4.10. The quantitative estimate of drug-likeness (QED) is 0.347. The lowest BCUT2D eigenvalue weighted by Crippen LogP contribution is -2.46. The molecule has 1 atom stereocenters. The number of methoxy groups -OCH3 is 1. The highest BCUT2D eigenvalue weighted by molar-refractivity contribution is 5.79. The molecule has 0 bridgehead atoms. The van der Waals surface area contributed by atoms with E-state index < -0.39 is 0 Å². The first-order chi connectivity index (χ1) is 15.1. The number of guanidine groups is 1. The summed E-state index contributed by atoms with van der Waals surface area (Å²) in [5, 5.41) is 16.5. The van der Waals surface area contributed by atoms with Gasteiger partial charge in [0.2, 0.25) is 0 Å². The monoisotopic (exact) mass is 434 g/mol. The highest BCUT2D eigenvalue weighted by atomic mass is 16.5. The third kappa shape index (κ3) is 7.66. The second kappa shape index (κ2) is 13.6. The Morgan fingerprint density at radius 2 is 1.84 bits per heavy atom. The van der Waals surface area contributed by atoms with Gasteiger partial charge in [0.25, 0.3) is 0 Å². The standard InChI is InChI=1S/C24H42N4O3/c1-5-24(6-2,12-15-29)19-27-23(25-7-3)26-18-22(28-13-16-31-17-14-28)20-8-10-21(30-4)11-9-20/h8-11,22,29H,5-7,12-19H2,1-4H3,(H2,25,26,27). The minimum Gasteiger partial charge on any atom is -0.497 e. The Labute approximate surface area is 188 Å². The molecule has 1 saturated heterocycles. The van der Waals surface area contributed by atoms with Crippen LogP contribution in [0, 0.1) is 5.41 Å². The Kier molecular flexibility index (Phi) is 11.1. The van der Waals surface area contributed by atoms with Gasteiger partial charge in [-0.1, -0.05) is 26.0 Å². The van der Waals surface area contributed by atoms with Crippen LogP contribution in [0.2, 0.25) is 0 Å². The van der Waals surface area contributed by atoms with E-state index in [0.717, 1.165) is 70.4 Å². The third-order valence-electron chi connectivity index (χ3n) is 6.51. The van der Waals surface area contributed by atoms with Crippen molar-refractivity contribution in [3.63, 3.8) is 0 Å². The summed E-state index contributed by atoms with van der Waals surface area (Å²) in [5.74, 6) is 1.70. The molecular formula is C24H42N4O3. The smallest absolute Gasteiger partial charge is 0.191 e. The van der Waals surface area contributed by atoms with E-state index in [0.29, 0.717) is 6.54 Å². The molecule has 3 N–H and O–H groups in total. The zero-order valence-corrected chi connectivity index (χ0v) is 19.8. The summed E-state index contributed by atoms with van der Waals surface area (Å²) in [4.78, 5) is 7.37. The summed E-state index contributed by atoms with van der Waals surface area (Å²) in [5.41, 5.74) is 1.30. The number of hydrogen-bond donors (Lipinski definition) is 3. The zero-order valence-electron chi connectivity index (χ0n) is 19.8. The molecule has 1 aromatic rings. The summed E-state index contributed by atoms with van der Waals surface area (Å²) < 4.78 is 10.9. The molecule has 0 aliphatic carbocycles. The van der Waals surface area contributed by atoms with Crippen LogP contribution < -0.4 is 15.4 Å². The van der Waals surface area contributed by atoms with Gasteiger partial charge in [-0.2, -0.15) is 0 Å². The highest BCUT2D eigenvalue weighted by Gasteiger charge is 2.26. The van der Waals surface area contributed by atoms with Crippen LogP contribution in [0.3, 0.4) is 0 Å². The fourth-order valence-corrected chi connectivity index (χ4v) is 4.10. The normalized spacial score (nSPS) is 16.7. The Balaban J connectivity index is 2.14. The van der Waals surface area contributed by atoms with E-state index in [2.05, 4.69) is 48.4 Å². The Morgan fingerprint density at radius 1 is 1.16 bits per heavy atom. The minimum absolute atomic E-state index is 0.0523. The molecule has 0 saturated carbocycles. The van der Waals surface area contributed by atoms with Gasteiger partial charge in [-0.3, -0.25) is 9.89 Å². The highest BCUT2D eigenvalue weighted by Crippen LogP contribution is 2.30. The number of ether oxygens (including phenoxy) is 2. The van der Waals surface area contributed by atoms with Crippen LogP contribution in [-0.4, -0.2) is 75.6 Å². The maximum atomic E-state index is 9.51. The van der Waals surface area contributed by atoms with Gasteiger partial charge in [0.15, 0.2) is 5.96 Å². The molecule has 7 nitrogen and oxygen atoms in total. The van der Waals surface area contributed by atoms with Crippen LogP contribution in [-0.2, 0) is 4.74 Å². The van der Waals surface area contributed by atoms with Crippen molar-refractivity contribution in [1.29, 1.82) is 0 Å². The summed E-state index contributed by atoms with van der Waals surface area (Å²) in [6.07, 6.45) is 2.80. The average molecular weight is 435 g/mol.